The first-order valence-electron chi connectivity index (χ1n) is 5.93. The molecule has 2 aromatic rings. The lowest BCUT2D eigenvalue weighted by Gasteiger charge is -2.08. The van der Waals surface area contributed by atoms with Crippen LogP contribution in [0.25, 0.3) is 0 Å². The van der Waals surface area contributed by atoms with Gasteiger partial charge in [0.2, 0.25) is 0 Å². The first-order valence-corrected chi connectivity index (χ1v) is 5.93. The molecule has 0 radical (unpaired) electrons. The molecule has 0 aromatic heterocycles. The molecule has 0 aliphatic heterocycles. The number of carbonyl (C=O) groups is 1. The second-order valence-electron chi connectivity index (χ2n) is 4.22. The van der Waals surface area contributed by atoms with Gasteiger partial charge in [0.1, 0.15) is 5.82 Å². The first kappa shape index (κ1) is 13.1. The monoisotopic (exact) mass is 259 g/mol. The molecule has 98 valence electrons. The van der Waals surface area contributed by atoms with Crippen molar-refractivity contribution in [3.63, 3.8) is 0 Å². The predicted molar refractivity (Wildman–Crippen MR) is 71.5 cm³/mol. The lowest BCUT2D eigenvalue weighted by atomic mass is 10.1. The lowest BCUT2D eigenvalue weighted by Crippen LogP contribution is -2.04. The molecule has 4 heteroatoms. The van der Waals surface area contributed by atoms with Gasteiger partial charge in [0, 0.05) is 6.54 Å². The first-order chi connectivity index (χ1) is 9.15. The van der Waals surface area contributed by atoms with Gasteiger partial charge in [-0.2, -0.15) is 0 Å². The third kappa shape index (κ3) is 3.81. The van der Waals surface area contributed by atoms with Crippen LogP contribution in [-0.4, -0.2) is 11.1 Å². The minimum atomic E-state index is -0.968. The second kappa shape index (κ2) is 6.00. The summed E-state index contributed by atoms with van der Waals surface area (Å²) in [7, 11) is 0. The molecule has 3 nitrogen and oxygen atoms in total. The van der Waals surface area contributed by atoms with Crippen LogP contribution in [0.3, 0.4) is 0 Å². The highest BCUT2D eigenvalue weighted by molar-refractivity contribution is 5.70. The van der Waals surface area contributed by atoms with Gasteiger partial charge in [0.15, 0.2) is 0 Å². The van der Waals surface area contributed by atoms with Crippen molar-refractivity contribution in [2.24, 2.45) is 0 Å². The van der Waals surface area contributed by atoms with E-state index in [2.05, 4.69) is 5.32 Å². The van der Waals surface area contributed by atoms with Crippen molar-refractivity contribution in [2.75, 3.05) is 5.32 Å². The van der Waals surface area contributed by atoms with E-state index in [1.54, 1.807) is 12.1 Å². The molecule has 0 heterocycles. The van der Waals surface area contributed by atoms with Crippen LogP contribution in [0.15, 0.2) is 48.5 Å². The minimum Gasteiger partial charge on any atom is -0.481 e. The fourth-order valence-electron chi connectivity index (χ4n) is 1.78. The molecule has 2 rings (SSSR count). The van der Waals surface area contributed by atoms with Gasteiger partial charge in [0.05, 0.1) is 12.1 Å². The van der Waals surface area contributed by atoms with Crippen molar-refractivity contribution in [1.82, 2.24) is 0 Å². The standard InChI is InChI=1S/C15H14FNO2/c16-13-8-12(9-15(18)19)6-7-14(13)17-10-11-4-2-1-3-5-11/h1-8,17H,9-10H2,(H,18,19). The summed E-state index contributed by atoms with van der Waals surface area (Å²) >= 11 is 0. The van der Waals surface area contributed by atoms with E-state index in [0.717, 1.165) is 5.56 Å². The highest BCUT2D eigenvalue weighted by atomic mass is 19.1. The van der Waals surface area contributed by atoms with Gasteiger partial charge >= 0.3 is 5.97 Å². The van der Waals surface area contributed by atoms with Gasteiger partial charge in [-0.3, -0.25) is 4.79 Å². The summed E-state index contributed by atoms with van der Waals surface area (Å²) in [5, 5.41) is 11.6. The summed E-state index contributed by atoms with van der Waals surface area (Å²) in [4.78, 5) is 10.5. The van der Waals surface area contributed by atoms with Crippen molar-refractivity contribution in [2.45, 2.75) is 13.0 Å². The number of hydrogen-bond donors (Lipinski definition) is 2. The zero-order valence-electron chi connectivity index (χ0n) is 10.3. The van der Waals surface area contributed by atoms with E-state index in [9.17, 15) is 9.18 Å². The van der Waals surface area contributed by atoms with Crippen LogP contribution in [0.1, 0.15) is 11.1 Å². The van der Waals surface area contributed by atoms with Crippen molar-refractivity contribution in [3.8, 4) is 0 Å². The smallest absolute Gasteiger partial charge is 0.307 e. The summed E-state index contributed by atoms with van der Waals surface area (Å²) in [5.74, 6) is -1.40. The SMILES string of the molecule is O=C(O)Cc1ccc(NCc2ccccc2)c(F)c1. The summed E-state index contributed by atoms with van der Waals surface area (Å²) in [6.45, 7) is 0.524. The van der Waals surface area contributed by atoms with Gasteiger partial charge in [0.25, 0.3) is 0 Å². The molecule has 0 fully saturated rings. The Morgan fingerprint density at radius 3 is 2.47 bits per heavy atom. The number of nitrogens with one attached hydrogen (secondary N) is 1. The highest BCUT2D eigenvalue weighted by Gasteiger charge is 2.06. The van der Waals surface area contributed by atoms with E-state index in [1.807, 2.05) is 30.3 Å². The number of aliphatic carboxylic acids is 1. The Kier molecular flexibility index (Phi) is 4.13. The number of carboxylic acids is 1. The number of halogens is 1. The molecule has 19 heavy (non-hydrogen) atoms. The summed E-state index contributed by atoms with van der Waals surface area (Å²) in [5.41, 5.74) is 1.88. The molecule has 0 aliphatic rings. The van der Waals surface area contributed by atoms with E-state index in [0.29, 0.717) is 17.8 Å². The van der Waals surface area contributed by atoms with Crippen molar-refractivity contribution in [1.29, 1.82) is 0 Å². The Hall–Kier alpha value is -2.36. The molecule has 0 saturated heterocycles. The summed E-state index contributed by atoms with van der Waals surface area (Å²) in [6.07, 6.45) is -0.171. The van der Waals surface area contributed by atoms with Crippen molar-refractivity contribution in [3.05, 3.63) is 65.5 Å². The molecule has 0 saturated carbocycles. The Morgan fingerprint density at radius 2 is 1.84 bits per heavy atom. The maximum atomic E-state index is 13.7. The maximum Gasteiger partial charge on any atom is 0.307 e. The third-order valence-electron chi connectivity index (χ3n) is 2.71. The Bertz CT molecular complexity index is 570. The molecular formula is C15H14FNO2. The quantitative estimate of drug-likeness (QED) is 0.867. The van der Waals surface area contributed by atoms with Crippen LogP contribution < -0.4 is 5.32 Å². The van der Waals surface area contributed by atoms with Crippen LogP contribution in [0.2, 0.25) is 0 Å². The van der Waals surface area contributed by atoms with Crippen LogP contribution >= 0.6 is 0 Å². The number of carboxylic acid groups (broad SMARTS) is 1. The fraction of sp³-hybridized carbons (Fsp3) is 0.133. The Balaban J connectivity index is 2.03. The van der Waals surface area contributed by atoms with E-state index < -0.39 is 11.8 Å². The van der Waals surface area contributed by atoms with E-state index >= 15 is 0 Å². The Labute approximate surface area is 110 Å². The number of anilines is 1. The third-order valence-corrected chi connectivity index (χ3v) is 2.71. The van der Waals surface area contributed by atoms with Crippen molar-refractivity contribution < 1.29 is 14.3 Å². The van der Waals surface area contributed by atoms with Gasteiger partial charge in [-0.1, -0.05) is 36.4 Å². The van der Waals surface area contributed by atoms with Gasteiger partial charge in [-0.05, 0) is 23.3 Å². The van der Waals surface area contributed by atoms with Gasteiger partial charge < -0.3 is 10.4 Å². The molecule has 0 amide bonds. The Morgan fingerprint density at radius 1 is 1.11 bits per heavy atom. The molecule has 2 aromatic carbocycles. The zero-order valence-corrected chi connectivity index (χ0v) is 10.3. The number of hydrogen-bond acceptors (Lipinski definition) is 2. The van der Waals surface area contributed by atoms with Crippen LogP contribution in [-0.2, 0) is 17.8 Å². The van der Waals surface area contributed by atoms with Crippen LogP contribution in [0.4, 0.5) is 10.1 Å². The van der Waals surface area contributed by atoms with Gasteiger partial charge in [-0.25, -0.2) is 4.39 Å². The largest absolute Gasteiger partial charge is 0.481 e. The molecular weight excluding hydrogens is 245 g/mol. The van der Waals surface area contributed by atoms with E-state index in [-0.39, 0.29) is 6.42 Å². The zero-order chi connectivity index (χ0) is 13.7. The molecule has 0 bridgehead atoms. The van der Waals surface area contributed by atoms with Gasteiger partial charge in [-0.15, -0.1) is 0 Å². The minimum absolute atomic E-state index is 0.171. The topological polar surface area (TPSA) is 49.3 Å². The fourth-order valence-corrected chi connectivity index (χ4v) is 1.78. The average Bonchev–Trinajstić information content (AvgIpc) is 2.38. The normalized spacial score (nSPS) is 10.2. The highest BCUT2D eigenvalue weighted by Crippen LogP contribution is 2.17. The molecule has 0 unspecified atom stereocenters. The van der Waals surface area contributed by atoms with Crippen LogP contribution in [0, 0.1) is 5.82 Å². The predicted octanol–water partition coefficient (Wildman–Crippen LogP) is 3.06. The molecule has 2 N–H and O–H groups in total. The molecule has 0 spiro atoms. The summed E-state index contributed by atoms with van der Waals surface area (Å²) in [6, 6.07) is 14.1. The lowest BCUT2D eigenvalue weighted by molar-refractivity contribution is -0.136. The second-order valence-corrected chi connectivity index (χ2v) is 4.22. The van der Waals surface area contributed by atoms with E-state index in [1.165, 1.54) is 6.07 Å². The van der Waals surface area contributed by atoms with Crippen LogP contribution in [0.5, 0.6) is 0 Å². The number of benzene rings is 2. The molecule has 0 aliphatic carbocycles. The summed E-state index contributed by atoms with van der Waals surface area (Å²) < 4.78 is 13.7. The average molecular weight is 259 g/mol. The van der Waals surface area contributed by atoms with E-state index in [4.69, 9.17) is 5.11 Å². The molecule has 0 atom stereocenters. The number of rotatable bonds is 5. The maximum absolute atomic E-state index is 13.7. The van der Waals surface area contributed by atoms with Crippen molar-refractivity contribution >= 4 is 11.7 Å².